The van der Waals surface area contributed by atoms with Crippen molar-refractivity contribution in [2.75, 3.05) is 5.32 Å². The summed E-state index contributed by atoms with van der Waals surface area (Å²) in [7, 11) is 0. The van der Waals surface area contributed by atoms with Gasteiger partial charge < -0.3 is 10.6 Å². The molecule has 5 heteroatoms. The first-order chi connectivity index (χ1) is 10.6. The maximum Gasteiger partial charge on any atom is 0.313 e. The topological polar surface area (TPSA) is 71.1 Å². The molecule has 1 aromatic heterocycles. The summed E-state index contributed by atoms with van der Waals surface area (Å²) >= 11 is 0. The molecule has 114 valence electrons. The standard InChI is InChI=1S/C17H19N3O2/c1-12(2)14-7-3-4-8-15(14)20-17(22)16(21)19-11-13-6-5-9-18-10-13/h3-10,12H,11H2,1-2H3,(H,19,21)(H,20,22). The second kappa shape index (κ2) is 7.36. The predicted molar refractivity (Wildman–Crippen MR) is 85.2 cm³/mol. The van der Waals surface area contributed by atoms with E-state index in [1.54, 1.807) is 24.5 Å². The van der Waals surface area contributed by atoms with Gasteiger partial charge in [-0.3, -0.25) is 14.6 Å². The summed E-state index contributed by atoms with van der Waals surface area (Å²) in [6.07, 6.45) is 3.30. The molecule has 5 nitrogen and oxygen atoms in total. The van der Waals surface area contributed by atoms with Crippen molar-refractivity contribution in [3.05, 3.63) is 59.9 Å². The molecule has 0 radical (unpaired) electrons. The summed E-state index contributed by atoms with van der Waals surface area (Å²) in [5.74, 6) is -1.07. The number of rotatable bonds is 4. The summed E-state index contributed by atoms with van der Waals surface area (Å²) in [5, 5.41) is 5.24. The van der Waals surface area contributed by atoms with Crippen molar-refractivity contribution in [1.29, 1.82) is 0 Å². The second-order valence-electron chi connectivity index (χ2n) is 5.24. The fraction of sp³-hybridized carbons (Fsp3) is 0.235. The second-order valence-corrected chi connectivity index (χ2v) is 5.24. The molecule has 1 aromatic carbocycles. The number of anilines is 1. The smallest absolute Gasteiger partial charge is 0.313 e. The number of benzene rings is 1. The highest BCUT2D eigenvalue weighted by Gasteiger charge is 2.15. The highest BCUT2D eigenvalue weighted by Crippen LogP contribution is 2.23. The zero-order valence-electron chi connectivity index (χ0n) is 12.7. The Bertz CT molecular complexity index is 654. The van der Waals surface area contributed by atoms with E-state index in [1.807, 2.05) is 38.1 Å². The van der Waals surface area contributed by atoms with E-state index >= 15 is 0 Å². The minimum atomic E-state index is -0.669. The lowest BCUT2D eigenvalue weighted by molar-refractivity contribution is -0.136. The third-order valence-corrected chi connectivity index (χ3v) is 3.21. The Labute approximate surface area is 129 Å². The zero-order chi connectivity index (χ0) is 15.9. The Morgan fingerprint density at radius 2 is 1.86 bits per heavy atom. The summed E-state index contributed by atoms with van der Waals surface area (Å²) in [5.41, 5.74) is 2.50. The Hall–Kier alpha value is -2.69. The molecule has 2 aromatic rings. The van der Waals surface area contributed by atoms with Crippen LogP contribution in [0.15, 0.2) is 48.8 Å². The van der Waals surface area contributed by atoms with E-state index in [-0.39, 0.29) is 12.5 Å². The van der Waals surface area contributed by atoms with Crippen LogP contribution in [0.4, 0.5) is 5.69 Å². The summed E-state index contributed by atoms with van der Waals surface area (Å²) < 4.78 is 0. The number of carbonyl (C=O) groups is 2. The van der Waals surface area contributed by atoms with E-state index in [0.29, 0.717) is 5.69 Å². The molecule has 0 atom stereocenters. The molecule has 2 rings (SSSR count). The average Bonchev–Trinajstić information content (AvgIpc) is 2.53. The zero-order valence-corrected chi connectivity index (χ0v) is 12.7. The molecule has 22 heavy (non-hydrogen) atoms. The molecule has 0 aliphatic rings. The minimum absolute atomic E-state index is 0.259. The number of amides is 2. The van der Waals surface area contributed by atoms with E-state index in [4.69, 9.17) is 0 Å². The lowest BCUT2D eigenvalue weighted by Gasteiger charge is -2.13. The van der Waals surface area contributed by atoms with Crippen molar-refractivity contribution in [3.63, 3.8) is 0 Å². The van der Waals surface area contributed by atoms with E-state index in [1.165, 1.54) is 0 Å². The summed E-state index contributed by atoms with van der Waals surface area (Å²) in [6, 6.07) is 11.1. The molecule has 0 aliphatic heterocycles. The highest BCUT2D eigenvalue weighted by atomic mass is 16.2. The molecule has 2 N–H and O–H groups in total. The lowest BCUT2D eigenvalue weighted by atomic mass is 10.0. The van der Waals surface area contributed by atoms with Crippen molar-refractivity contribution < 1.29 is 9.59 Å². The van der Waals surface area contributed by atoms with Crippen LogP contribution in [0.25, 0.3) is 0 Å². The Kier molecular flexibility index (Phi) is 5.25. The first kappa shape index (κ1) is 15.7. The van der Waals surface area contributed by atoms with Gasteiger partial charge in [-0.05, 0) is 29.2 Å². The largest absolute Gasteiger partial charge is 0.344 e. The van der Waals surface area contributed by atoms with Crippen LogP contribution in [-0.2, 0) is 16.1 Å². The number of hydrogen-bond donors (Lipinski definition) is 2. The number of para-hydroxylation sites is 1. The molecular weight excluding hydrogens is 278 g/mol. The van der Waals surface area contributed by atoms with Crippen molar-refractivity contribution in [1.82, 2.24) is 10.3 Å². The van der Waals surface area contributed by atoms with Crippen molar-refractivity contribution >= 4 is 17.5 Å². The predicted octanol–water partition coefficient (Wildman–Crippen LogP) is 2.46. The number of carbonyl (C=O) groups excluding carboxylic acids is 2. The van der Waals surface area contributed by atoms with Gasteiger partial charge in [-0.25, -0.2) is 0 Å². The minimum Gasteiger partial charge on any atom is -0.344 e. The number of nitrogens with zero attached hydrogens (tertiary/aromatic N) is 1. The van der Waals surface area contributed by atoms with Crippen LogP contribution in [-0.4, -0.2) is 16.8 Å². The van der Waals surface area contributed by atoms with Crippen LogP contribution in [0.2, 0.25) is 0 Å². The van der Waals surface area contributed by atoms with Crippen LogP contribution in [0.3, 0.4) is 0 Å². The molecule has 0 unspecified atom stereocenters. The molecule has 0 fully saturated rings. The SMILES string of the molecule is CC(C)c1ccccc1NC(=O)C(=O)NCc1cccnc1. The van der Waals surface area contributed by atoms with Crippen LogP contribution >= 0.6 is 0 Å². The first-order valence-corrected chi connectivity index (χ1v) is 7.15. The molecular formula is C17H19N3O2. The van der Waals surface area contributed by atoms with E-state index in [2.05, 4.69) is 15.6 Å². The maximum absolute atomic E-state index is 12.0. The highest BCUT2D eigenvalue weighted by molar-refractivity contribution is 6.39. The van der Waals surface area contributed by atoms with Gasteiger partial charge in [-0.2, -0.15) is 0 Å². The number of hydrogen-bond acceptors (Lipinski definition) is 3. The third-order valence-electron chi connectivity index (χ3n) is 3.21. The van der Waals surface area contributed by atoms with Gasteiger partial charge in [0.05, 0.1) is 0 Å². The van der Waals surface area contributed by atoms with E-state index < -0.39 is 11.8 Å². The fourth-order valence-corrected chi connectivity index (χ4v) is 2.06. The van der Waals surface area contributed by atoms with Gasteiger partial charge in [0.25, 0.3) is 0 Å². The number of aromatic nitrogens is 1. The van der Waals surface area contributed by atoms with Gasteiger partial charge >= 0.3 is 11.8 Å². The molecule has 0 aliphatic carbocycles. The lowest BCUT2D eigenvalue weighted by Crippen LogP contribution is -2.35. The van der Waals surface area contributed by atoms with Crippen molar-refractivity contribution in [2.45, 2.75) is 26.3 Å². The molecule has 1 heterocycles. The first-order valence-electron chi connectivity index (χ1n) is 7.15. The molecule has 0 spiro atoms. The summed E-state index contributed by atoms with van der Waals surface area (Å²) in [6.45, 7) is 4.34. The van der Waals surface area contributed by atoms with E-state index in [0.717, 1.165) is 11.1 Å². The monoisotopic (exact) mass is 297 g/mol. The normalized spacial score (nSPS) is 10.3. The fourth-order valence-electron chi connectivity index (χ4n) is 2.06. The maximum atomic E-state index is 12.0. The Morgan fingerprint density at radius 3 is 2.55 bits per heavy atom. The van der Waals surface area contributed by atoms with Crippen LogP contribution in [0.5, 0.6) is 0 Å². The van der Waals surface area contributed by atoms with Crippen molar-refractivity contribution in [3.8, 4) is 0 Å². The van der Waals surface area contributed by atoms with Gasteiger partial charge in [-0.1, -0.05) is 38.1 Å². The molecule has 0 saturated heterocycles. The molecule has 2 amide bonds. The quantitative estimate of drug-likeness (QED) is 0.852. The molecule has 0 bridgehead atoms. The van der Waals surface area contributed by atoms with E-state index in [9.17, 15) is 9.59 Å². The Balaban J connectivity index is 1.96. The van der Waals surface area contributed by atoms with Gasteiger partial charge in [-0.15, -0.1) is 0 Å². The summed E-state index contributed by atoms with van der Waals surface area (Å²) in [4.78, 5) is 27.8. The van der Waals surface area contributed by atoms with Gasteiger partial charge in [0.1, 0.15) is 0 Å². The van der Waals surface area contributed by atoms with Crippen LogP contribution in [0, 0.1) is 0 Å². The average molecular weight is 297 g/mol. The third kappa shape index (κ3) is 4.15. The van der Waals surface area contributed by atoms with Gasteiger partial charge in [0.2, 0.25) is 0 Å². The molecule has 0 saturated carbocycles. The number of pyridine rings is 1. The van der Waals surface area contributed by atoms with Gasteiger partial charge in [0, 0.05) is 24.6 Å². The van der Waals surface area contributed by atoms with Crippen LogP contribution < -0.4 is 10.6 Å². The van der Waals surface area contributed by atoms with Crippen LogP contribution in [0.1, 0.15) is 30.9 Å². The van der Waals surface area contributed by atoms with Gasteiger partial charge in [0.15, 0.2) is 0 Å². The van der Waals surface area contributed by atoms with Crippen molar-refractivity contribution in [2.24, 2.45) is 0 Å². The number of nitrogens with one attached hydrogen (secondary N) is 2. The Morgan fingerprint density at radius 1 is 1.09 bits per heavy atom.